The van der Waals surface area contributed by atoms with Crippen molar-refractivity contribution in [1.82, 2.24) is 4.98 Å². The van der Waals surface area contributed by atoms with Gasteiger partial charge in [0.1, 0.15) is 17.0 Å². The number of ether oxygens (including phenoxy) is 3. The van der Waals surface area contributed by atoms with Gasteiger partial charge in [-0.3, -0.25) is 14.6 Å². The van der Waals surface area contributed by atoms with Crippen LogP contribution < -0.4 is 30.6 Å². The molecule has 4 N–H and O–H groups in total. The number of fused-ring (bicyclic) bond motifs is 1. The zero-order chi connectivity index (χ0) is 30.4. The molecule has 2 amide bonds. The summed E-state index contributed by atoms with van der Waals surface area (Å²) in [5.74, 6) is -0.900. The minimum absolute atomic E-state index is 0.0696. The van der Waals surface area contributed by atoms with Crippen LogP contribution in [0.1, 0.15) is 32.1 Å². The number of carbonyl (C=O) groups excluding carboxylic acids is 2. The third-order valence-corrected chi connectivity index (χ3v) is 7.22. The van der Waals surface area contributed by atoms with Crippen LogP contribution in [0.5, 0.6) is 23.0 Å². The van der Waals surface area contributed by atoms with E-state index in [2.05, 4.69) is 15.6 Å². The van der Waals surface area contributed by atoms with Crippen molar-refractivity contribution in [2.75, 3.05) is 30.9 Å². The number of hydrogen-bond donors (Lipinski definition) is 3. The van der Waals surface area contributed by atoms with E-state index in [0.717, 1.165) is 25.3 Å². The Morgan fingerprint density at radius 2 is 1.58 bits per heavy atom. The summed E-state index contributed by atoms with van der Waals surface area (Å²) in [6, 6.07) is 14.4. The quantitative estimate of drug-likeness (QED) is 0.125. The van der Waals surface area contributed by atoms with Gasteiger partial charge in [-0.1, -0.05) is 0 Å². The molecule has 4 aromatic rings. The van der Waals surface area contributed by atoms with Gasteiger partial charge in [-0.15, -0.1) is 0 Å². The Balaban J connectivity index is 1.27. The van der Waals surface area contributed by atoms with E-state index < -0.39 is 28.9 Å². The Morgan fingerprint density at radius 1 is 0.860 bits per heavy atom. The van der Waals surface area contributed by atoms with Gasteiger partial charge in [0, 0.05) is 35.1 Å². The van der Waals surface area contributed by atoms with E-state index in [1.165, 1.54) is 43.5 Å². The second-order valence-electron chi connectivity index (χ2n) is 10.3. The van der Waals surface area contributed by atoms with E-state index in [1.807, 2.05) is 0 Å². The van der Waals surface area contributed by atoms with Crippen LogP contribution in [0.4, 0.5) is 20.2 Å². The Kier molecular flexibility index (Phi) is 9.01. The van der Waals surface area contributed by atoms with Crippen LogP contribution in [0.2, 0.25) is 0 Å². The van der Waals surface area contributed by atoms with Gasteiger partial charge in [-0.2, -0.15) is 0 Å². The molecule has 43 heavy (non-hydrogen) atoms. The Labute approximate surface area is 247 Å². The Bertz CT molecular complexity index is 1630. The number of unbranched alkanes of at least 4 members (excludes halogenated alkanes) is 2. The number of hydrogen-bond acceptors (Lipinski definition) is 7. The molecule has 3 aromatic carbocycles. The smallest absolute Gasteiger partial charge is 0.240 e. The van der Waals surface area contributed by atoms with Crippen molar-refractivity contribution in [1.29, 1.82) is 0 Å². The topological polar surface area (TPSA) is 125 Å². The molecular weight excluding hydrogens is 558 g/mol. The number of methoxy groups -OCH3 is 1. The molecule has 0 atom stereocenters. The molecule has 1 aliphatic carbocycles. The number of aromatic nitrogens is 1. The Morgan fingerprint density at radius 3 is 2.26 bits per heavy atom. The lowest BCUT2D eigenvalue weighted by Gasteiger charge is -2.16. The lowest BCUT2D eigenvalue weighted by Crippen LogP contribution is -2.35. The zero-order valence-electron chi connectivity index (χ0n) is 23.6. The highest BCUT2D eigenvalue weighted by Crippen LogP contribution is 2.47. The number of pyridine rings is 1. The number of anilines is 2. The predicted octanol–water partition coefficient (Wildman–Crippen LogP) is 6.18. The SMILES string of the molecule is COc1cc2c(Oc3ccc(NC(=O)C4(C(=O)Nc5ccc(F)cc5)CC4)cc3F)ccnc2cc1OCCCCCN. The third kappa shape index (κ3) is 6.83. The molecule has 1 heterocycles. The molecule has 0 saturated heterocycles. The highest BCUT2D eigenvalue weighted by atomic mass is 19.1. The van der Waals surface area contributed by atoms with E-state index >= 15 is 4.39 Å². The highest BCUT2D eigenvalue weighted by molar-refractivity contribution is 6.16. The maximum absolute atomic E-state index is 15.2. The van der Waals surface area contributed by atoms with E-state index in [9.17, 15) is 14.0 Å². The molecule has 5 rings (SSSR count). The molecule has 1 aliphatic rings. The number of carbonyl (C=O) groups is 2. The normalized spacial score (nSPS) is 13.3. The fraction of sp³-hybridized carbons (Fsp3) is 0.281. The van der Waals surface area contributed by atoms with Crippen molar-refractivity contribution in [3.63, 3.8) is 0 Å². The maximum atomic E-state index is 15.2. The fourth-order valence-electron chi connectivity index (χ4n) is 4.59. The first-order valence-corrected chi connectivity index (χ1v) is 14.0. The number of nitrogens with zero attached hydrogens (tertiary/aromatic N) is 1. The van der Waals surface area contributed by atoms with Crippen LogP contribution in [0, 0.1) is 17.0 Å². The van der Waals surface area contributed by atoms with Gasteiger partial charge in [-0.05, 0) is 87.2 Å². The lowest BCUT2D eigenvalue weighted by molar-refractivity contribution is -0.131. The first kappa shape index (κ1) is 29.7. The molecule has 1 aromatic heterocycles. The van der Waals surface area contributed by atoms with Crippen molar-refractivity contribution in [2.24, 2.45) is 11.1 Å². The van der Waals surface area contributed by atoms with Crippen LogP contribution in [0.25, 0.3) is 10.9 Å². The number of nitrogens with one attached hydrogen (secondary N) is 2. The summed E-state index contributed by atoms with van der Waals surface area (Å²) in [5.41, 5.74) is 5.39. The number of amides is 2. The second kappa shape index (κ2) is 13.0. The first-order chi connectivity index (χ1) is 20.8. The van der Waals surface area contributed by atoms with Gasteiger partial charge < -0.3 is 30.6 Å². The van der Waals surface area contributed by atoms with Crippen molar-refractivity contribution in [3.8, 4) is 23.0 Å². The van der Waals surface area contributed by atoms with Crippen LogP contribution >= 0.6 is 0 Å². The van der Waals surface area contributed by atoms with Gasteiger partial charge >= 0.3 is 0 Å². The third-order valence-electron chi connectivity index (χ3n) is 7.22. The fourth-order valence-corrected chi connectivity index (χ4v) is 4.59. The van der Waals surface area contributed by atoms with Crippen molar-refractivity contribution in [3.05, 3.63) is 78.5 Å². The molecule has 11 heteroatoms. The van der Waals surface area contributed by atoms with Gasteiger partial charge in [0.2, 0.25) is 11.8 Å². The monoisotopic (exact) mass is 590 g/mol. The standard InChI is InChI=1S/C32H32F2N4O5/c1-41-28-18-23-25(19-29(28)42-16-4-2-3-14-35)36-15-11-26(23)43-27-10-9-22(17-24(27)34)38-31(40)32(12-13-32)30(39)37-21-7-5-20(33)6-8-21/h5-11,15,17-19H,2-4,12-14,16,35H2,1H3,(H,37,39)(H,38,40). The first-order valence-electron chi connectivity index (χ1n) is 14.0. The van der Waals surface area contributed by atoms with Crippen molar-refractivity contribution < 1.29 is 32.6 Å². The summed E-state index contributed by atoms with van der Waals surface area (Å²) in [5, 5.41) is 5.86. The molecule has 1 saturated carbocycles. The van der Waals surface area contributed by atoms with Gasteiger partial charge in [0.05, 0.1) is 19.2 Å². The van der Waals surface area contributed by atoms with Crippen LogP contribution in [0.15, 0.2) is 66.9 Å². The minimum atomic E-state index is -1.28. The Hall–Kier alpha value is -4.77. The van der Waals surface area contributed by atoms with E-state index in [-0.39, 0.29) is 11.4 Å². The number of rotatable bonds is 13. The van der Waals surface area contributed by atoms with Gasteiger partial charge in [-0.25, -0.2) is 8.78 Å². The molecule has 0 bridgehead atoms. The van der Waals surface area contributed by atoms with Gasteiger partial charge in [0.15, 0.2) is 23.1 Å². The molecule has 224 valence electrons. The van der Waals surface area contributed by atoms with Crippen molar-refractivity contribution >= 4 is 34.1 Å². The average Bonchev–Trinajstić information content (AvgIpc) is 3.82. The zero-order valence-corrected chi connectivity index (χ0v) is 23.6. The van der Waals surface area contributed by atoms with Gasteiger partial charge in [0.25, 0.3) is 0 Å². The molecule has 0 radical (unpaired) electrons. The van der Waals surface area contributed by atoms with E-state index in [1.54, 1.807) is 24.4 Å². The molecule has 0 spiro atoms. The second-order valence-corrected chi connectivity index (χ2v) is 10.3. The number of halogens is 2. The number of benzene rings is 3. The molecule has 0 unspecified atom stereocenters. The van der Waals surface area contributed by atoms with E-state index in [4.69, 9.17) is 19.9 Å². The van der Waals surface area contributed by atoms with Crippen LogP contribution in [0.3, 0.4) is 0 Å². The average molecular weight is 591 g/mol. The molecule has 1 fully saturated rings. The van der Waals surface area contributed by atoms with Crippen LogP contribution in [-0.4, -0.2) is 37.1 Å². The summed E-state index contributed by atoms with van der Waals surface area (Å²) >= 11 is 0. The molecule has 9 nitrogen and oxygen atoms in total. The summed E-state index contributed by atoms with van der Waals surface area (Å²) in [7, 11) is 1.53. The largest absolute Gasteiger partial charge is 0.493 e. The summed E-state index contributed by atoms with van der Waals surface area (Å²) < 4.78 is 45.7. The molecule has 0 aliphatic heterocycles. The number of nitrogens with two attached hydrogens (primary N) is 1. The lowest BCUT2D eigenvalue weighted by atomic mass is 10.0. The maximum Gasteiger partial charge on any atom is 0.240 e. The minimum Gasteiger partial charge on any atom is -0.493 e. The summed E-state index contributed by atoms with van der Waals surface area (Å²) in [6.45, 7) is 1.15. The summed E-state index contributed by atoms with van der Waals surface area (Å²) in [4.78, 5) is 30.2. The van der Waals surface area contributed by atoms with Crippen LogP contribution in [-0.2, 0) is 9.59 Å². The highest BCUT2D eigenvalue weighted by Gasteiger charge is 2.56. The summed E-state index contributed by atoms with van der Waals surface area (Å²) in [6.07, 6.45) is 4.98. The molecular formula is C32H32F2N4O5. The predicted molar refractivity (Wildman–Crippen MR) is 158 cm³/mol. The van der Waals surface area contributed by atoms with Crippen molar-refractivity contribution in [2.45, 2.75) is 32.1 Å². The van der Waals surface area contributed by atoms with E-state index in [0.29, 0.717) is 59.8 Å².